The molecule has 21 heavy (non-hydrogen) atoms. The molecule has 0 spiro atoms. The number of ether oxygens (including phenoxy) is 2. The summed E-state index contributed by atoms with van der Waals surface area (Å²) in [4.78, 5) is 16.2. The zero-order chi connectivity index (χ0) is 15.3. The first kappa shape index (κ1) is 15.3. The fraction of sp³-hybridized carbons (Fsp3) is 0.375. The van der Waals surface area contributed by atoms with Crippen LogP contribution in [0.2, 0.25) is 0 Å². The summed E-state index contributed by atoms with van der Waals surface area (Å²) < 4.78 is 10.6. The summed E-state index contributed by atoms with van der Waals surface area (Å²) in [6, 6.07) is 9.55. The number of aromatic nitrogens is 1. The van der Waals surface area contributed by atoms with Gasteiger partial charge in [0.15, 0.2) is 0 Å². The lowest BCUT2D eigenvalue weighted by molar-refractivity contribution is -0.149. The monoisotopic (exact) mass is 288 g/mol. The maximum absolute atomic E-state index is 11.9. The van der Waals surface area contributed by atoms with E-state index < -0.39 is 5.54 Å². The highest BCUT2D eigenvalue weighted by atomic mass is 16.5. The van der Waals surface area contributed by atoms with Crippen LogP contribution < -0.4 is 10.1 Å². The third-order valence-corrected chi connectivity index (χ3v) is 3.31. The molecule has 0 radical (unpaired) electrons. The zero-order valence-corrected chi connectivity index (χ0v) is 12.6. The second-order valence-corrected chi connectivity index (χ2v) is 5.00. The van der Waals surface area contributed by atoms with E-state index in [0.717, 1.165) is 10.9 Å². The molecule has 2 aromatic rings. The van der Waals surface area contributed by atoms with Crippen molar-refractivity contribution in [3.8, 4) is 5.75 Å². The van der Waals surface area contributed by atoms with Crippen LogP contribution >= 0.6 is 0 Å². The summed E-state index contributed by atoms with van der Waals surface area (Å²) in [7, 11) is 1.37. The van der Waals surface area contributed by atoms with Crippen LogP contribution in [0.5, 0.6) is 5.75 Å². The molecule has 0 saturated carbocycles. The lowest BCUT2D eigenvalue weighted by Crippen LogP contribution is -2.54. The Hall–Kier alpha value is -2.14. The van der Waals surface area contributed by atoms with Gasteiger partial charge in [-0.1, -0.05) is 13.0 Å². The van der Waals surface area contributed by atoms with E-state index in [-0.39, 0.29) is 12.6 Å². The zero-order valence-electron chi connectivity index (χ0n) is 12.6. The summed E-state index contributed by atoms with van der Waals surface area (Å²) >= 11 is 0. The van der Waals surface area contributed by atoms with Crippen molar-refractivity contribution in [3.05, 3.63) is 36.5 Å². The van der Waals surface area contributed by atoms with E-state index in [9.17, 15) is 4.79 Å². The first-order valence-electron chi connectivity index (χ1n) is 6.90. The van der Waals surface area contributed by atoms with Crippen molar-refractivity contribution in [1.29, 1.82) is 0 Å². The van der Waals surface area contributed by atoms with Crippen LogP contribution in [0.25, 0.3) is 10.9 Å². The smallest absolute Gasteiger partial charge is 0.329 e. The number of hydrogen-bond donors (Lipinski definition) is 1. The Kier molecular flexibility index (Phi) is 4.75. The Balaban J connectivity index is 2.13. The van der Waals surface area contributed by atoms with Gasteiger partial charge in [-0.05, 0) is 31.7 Å². The van der Waals surface area contributed by atoms with E-state index in [1.807, 2.05) is 37.3 Å². The van der Waals surface area contributed by atoms with E-state index >= 15 is 0 Å². The lowest BCUT2D eigenvalue weighted by atomic mass is 10.0. The average Bonchev–Trinajstić information content (AvgIpc) is 2.52. The number of likely N-dealkylation sites (N-methyl/N-ethyl adjacent to an activating group) is 1. The van der Waals surface area contributed by atoms with E-state index in [2.05, 4.69) is 10.3 Å². The van der Waals surface area contributed by atoms with Gasteiger partial charge in [-0.25, -0.2) is 4.79 Å². The predicted octanol–water partition coefficient (Wildman–Crippen LogP) is 2.15. The second kappa shape index (κ2) is 6.54. The van der Waals surface area contributed by atoms with Crippen molar-refractivity contribution >= 4 is 16.9 Å². The first-order valence-corrected chi connectivity index (χ1v) is 6.90. The minimum atomic E-state index is -0.872. The summed E-state index contributed by atoms with van der Waals surface area (Å²) in [5.41, 5.74) is -0.0130. The number of benzene rings is 1. The van der Waals surface area contributed by atoms with Crippen LogP contribution in [0, 0.1) is 0 Å². The van der Waals surface area contributed by atoms with Crippen LogP contribution in [-0.2, 0) is 9.53 Å². The van der Waals surface area contributed by atoms with Gasteiger partial charge in [-0.3, -0.25) is 10.3 Å². The number of carbonyl (C=O) groups excluding carboxylic acids is 1. The Morgan fingerprint density at radius 1 is 1.38 bits per heavy atom. The average molecular weight is 288 g/mol. The molecule has 5 nitrogen and oxygen atoms in total. The fourth-order valence-electron chi connectivity index (χ4n) is 2.16. The Bertz CT molecular complexity index is 630. The number of carbonyl (C=O) groups is 1. The largest absolute Gasteiger partial charge is 0.491 e. The highest BCUT2D eigenvalue weighted by molar-refractivity contribution is 5.81. The highest BCUT2D eigenvalue weighted by Crippen LogP contribution is 2.20. The summed E-state index contributed by atoms with van der Waals surface area (Å²) in [5, 5.41) is 4.15. The number of hydrogen-bond acceptors (Lipinski definition) is 5. The molecule has 0 saturated heterocycles. The van der Waals surface area contributed by atoms with Gasteiger partial charge >= 0.3 is 5.97 Å². The molecule has 1 aromatic heterocycles. The first-order chi connectivity index (χ1) is 10.1. The van der Waals surface area contributed by atoms with Gasteiger partial charge in [-0.2, -0.15) is 0 Å². The molecule has 1 unspecified atom stereocenters. The molecule has 1 heterocycles. The van der Waals surface area contributed by atoms with Gasteiger partial charge in [0.2, 0.25) is 0 Å². The maximum atomic E-state index is 11.9. The summed E-state index contributed by atoms with van der Waals surface area (Å²) in [5.74, 6) is 0.331. The molecule has 0 fully saturated rings. The Labute approximate surface area is 124 Å². The normalized spacial score (nSPS) is 13.7. The van der Waals surface area contributed by atoms with Crippen LogP contribution in [0.3, 0.4) is 0 Å². The summed E-state index contributed by atoms with van der Waals surface area (Å²) in [6.45, 7) is 4.53. The van der Waals surface area contributed by atoms with Crippen LogP contribution in [0.1, 0.15) is 13.8 Å². The molecule has 1 atom stereocenters. The van der Waals surface area contributed by atoms with E-state index in [1.54, 1.807) is 13.1 Å². The van der Waals surface area contributed by atoms with Crippen LogP contribution in [-0.4, -0.2) is 36.8 Å². The maximum Gasteiger partial charge on any atom is 0.329 e. The molecule has 1 aromatic carbocycles. The van der Waals surface area contributed by atoms with Crippen LogP contribution in [0.4, 0.5) is 0 Å². The number of fused-ring (bicyclic) bond motifs is 1. The molecular weight excluding hydrogens is 268 g/mol. The molecular formula is C16H20N2O3. The molecule has 1 N–H and O–H groups in total. The number of nitrogens with zero attached hydrogens (tertiary/aromatic N) is 1. The van der Waals surface area contributed by atoms with Crippen molar-refractivity contribution < 1.29 is 14.3 Å². The van der Waals surface area contributed by atoms with Crippen molar-refractivity contribution in [2.45, 2.75) is 19.4 Å². The van der Waals surface area contributed by atoms with Gasteiger partial charge in [0.25, 0.3) is 0 Å². The van der Waals surface area contributed by atoms with Crippen molar-refractivity contribution in [2.24, 2.45) is 0 Å². The van der Waals surface area contributed by atoms with Crippen molar-refractivity contribution in [3.63, 3.8) is 0 Å². The topological polar surface area (TPSA) is 60.5 Å². The number of pyridine rings is 1. The molecule has 112 valence electrons. The fourth-order valence-corrected chi connectivity index (χ4v) is 2.16. The van der Waals surface area contributed by atoms with Gasteiger partial charge in [0, 0.05) is 17.6 Å². The molecule has 0 aliphatic heterocycles. The molecule has 0 bridgehead atoms. The highest BCUT2D eigenvalue weighted by Gasteiger charge is 2.34. The number of methoxy groups -OCH3 is 1. The minimum Gasteiger partial charge on any atom is -0.491 e. The Morgan fingerprint density at radius 2 is 2.19 bits per heavy atom. The quantitative estimate of drug-likeness (QED) is 0.825. The predicted molar refractivity (Wildman–Crippen MR) is 81.3 cm³/mol. The van der Waals surface area contributed by atoms with E-state index in [0.29, 0.717) is 12.3 Å². The van der Waals surface area contributed by atoms with Crippen LogP contribution in [0.15, 0.2) is 36.5 Å². The van der Waals surface area contributed by atoms with Gasteiger partial charge in [0.05, 0.1) is 12.6 Å². The number of nitrogens with one attached hydrogen (secondary N) is 1. The molecule has 0 aliphatic carbocycles. The van der Waals surface area contributed by atoms with E-state index in [1.165, 1.54) is 7.11 Å². The van der Waals surface area contributed by atoms with Crippen molar-refractivity contribution in [1.82, 2.24) is 10.3 Å². The molecule has 2 rings (SSSR count). The Morgan fingerprint density at radius 3 is 2.90 bits per heavy atom. The summed E-state index contributed by atoms with van der Waals surface area (Å²) in [6.07, 6.45) is 1.74. The van der Waals surface area contributed by atoms with Crippen molar-refractivity contribution in [2.75, 3.05) is 20.3 Å². The molecule has 0 aliphatic rings. The molecule has 0 amide bonds. The molecule has 5 heteroatoms. The minimum absolute atomic E-state index is 0.186. The second-order valence-electron chi connectivity index (χ2n) is 5.00. The van der Waals surface area contributed by atoms with Gasteiger partial charge in [0.1, 0.15) is 17.9 Å². The van der Waals surface area contributed by atoms with Gasteiger partial charge in [-0.15, -0.1) is 0 Å². The number of rotatable bonds is 6. The third-order valence-electron chi connectivity index (χ3n) is 3.31. The third kappa shape index (κ3) is 3.49. The van der Waals surface area contributed by atoms with E-state index in [4.69, 9.17) is 9.47 Å². The standard InChI is InChI=1S/C16H20N2O3/c1-4-18-16(2,15(19)20-3)11-21-13-8-7-12-6-5-9-17-14(12)10-13/h5-10,18H,4,11H2,1-3H3. The SMILES string of the molecule is CCNC(C)(COc1ccc2cccnc2c1)C(=O)OC. The van der Waals surface area contributed by atoms with Gasteiger partial charge < -0.3 is 9.47 Å². The lowest BCUT2D eigenvalue weighted by Gasteiger charge is -2.27. The number of esters is 1.